The number of amides is 1. The third kappa shape index (κ3) is 5.14. The number of carbonyl (C=O) groups is 2. The molecule has 0 atom stereocenters. The maximum absolute atomic E-state index is 12.9. The lowest BCUT2D eigenvalue weighted by molar-refractivity contribution is -0.124. The molecule has 1 aliphatic carbocycles. The van der Waals surface area contributed by atoms with E-state index in [1.54, 1.807) is 30.3 Å². The molecule has 2 aromatic carbocycles. The zero-order valence-electron chi connectivity index (χ0n) is 16.2. The van der Waals surface area contributed by atoms with Crippen LogP contribution >= 0.6 is 0 Å². The van der Waals surface area contributed by atoms with Crippen molar-refractivity contribution >= 4 is 27.6 Å². The Morgan fingerprint density at radius 2 is 1.76 bits per heavy atom. The van der Waals surface area contributed by atoms with Crippen molar-refractivity contribution in [2.24, 2.45) is 0 Å². The highest BCUT2D eigenvalue weighted by Crippen LogP contribution is 2.22. The molecule has 2 aromatic rings. The van der Waals surface area contributed by atoms with Crippen molar-refractivity contribution in [2.75, 3.05) is 18.0 Å². The summed E-state index contributed by atoms with van der Waals surface area (Å²) in [5.74, 6) is -1.09. The number of ether oxygens (including phenoxy) is 1. The van der Waals surface area contributed by atoms with Crippen LogP contribution in [0.5, 0.6) is 0 Å². The fourth-order valence-electron chi connectivity index (χ4n) is 3.27. The summed E-state index contributed by atoms with van der Waals surface area (Å²) in [5.41, 5.74) is 0.574. The van der Waals surface area contributed by atoms with Crippen molar-refractivity contribution in [3.8, 4) is 0 Å². The number of anilines is 1. The summed E-state index contributed by atoms with van der Waals surface area (Å²) in [4.78, 5) is 24.2. The molecule has 154 valence electrons. The first-order valence-electron chi connectivity index (χ1n) is 9.48. The molecule has 1 fully saturated rings. The zero-order chi connectivity index (χ0) is 20.9. The fraction of sp³-hybridized carbons (Fsp3) is 0.333. The normalized spacial score (nSPS) is 14.4. The van der Waals surface area contributed by atoms with Gasteiger partial charge >= 0.3 is 5.97 Å². The van der Waals surface area contributed by atoms with E-state index in [0.29, 0.717) is 5.69 Å². The molecule has 1 aliphatic rings. The summed E-state index contributed by atoms with van der Waals surface area (Å²) in [6.07, 6.45) is 4.05. The molecular weight excluding hydrogens is 392 g/mol. The van der Waals surface area contributed by atoms with Crippen molar-refractivity contribution < 1.29 is 22.7 Å². The van der Waals surface area contributed by atoms with E-state index >= 15 is 0 Å². The SMILES string of the molecule is CN(c1ccccc1)S(=O)(=O)c1cccc(C(=O)OCC(=O)NC2CCCC2)c1. The Morgan fingerprint density at radius 1 is 1.07 bits per heavy atom. The van der Waals surface area contributed by atoms with Crippen LogP contribution in [0.4, 0.5) is 5.69 Å². The Labute approximate surface area is 170 Å². The zero-order valence-corrected chi connectivity index (χ0v) is 17.0. The topological polar surface area (TPSA) is 92.8 Å². The molecule has 1 amide bonds. The minimum Gasteiger partial charge on any atom is -0.452 e. The lowest BCUT2D eigenvalue weighted by Gasteiger charge is -2.19. The van der Waals surface area contributed by atoms with E-state index in [-0.39, 0.29) is 22.4 Å². The van der Waals surface area contributed by atoms with Crippen LogP contribution in [-0.4, -0.2) is 40.0 Å². The summed E-state index contributed by atoms with van der Waals surface area (Å²) in [7, 11) is -2.40. The van der Waals surface area contributed by atoms with Gasteiger partial charge in [-0.05, 0) is 43.2 Å². The lowest BCUT2D eigenvalue weighted by atomic mass is 10.2. The summed E-state index contributed by atoms with van der Waals surface area (Å²) in [6, 6.07) is 14.4. The van der Waals surface area contributed by atoms with Gasteiger partial charge in [0.1, 0.15) is 0 Å². The van der Waals surface area contributed by atoms with E-state index in [4.69, 9.17) is 4.74 Å². The highest BCUT2D eigenvalue weighted by Gasteiger charge is 2.23. The Morgan fingerprint density at radius 3 is 2.45 bits per heavy atom. The molecular formula is C21H24N2O5S. The van der Waals surface area contributed by atoms with Gasteiger partial charge in [0.2, 0.25) is 0 Å². The van der Waals surface area contributed by atoms with Crippen LogP contribution in [0, 0.1) is 0 Å². The number of sulfonamides is 1. The van der Waals surface area contributed by atoms with Crippen LogP contribution in [-0.2, 0) is 19.6 Å². The predicted octanol–water partition coefficient (Wildman–Crippen LogP) is 2.73. The van der Waals surface area contributed by atoms with Gasteiger partial charge in [-0.2, -0.15) is 0 Å². The number of rotatable bonds is 7. The molecule has 0 aromatic heterocycles. The molecule has 0 saturated heterocycles. The van der Waals surface area contributed by atoms with Gasteiger partial charge in [-0.1, -0.05) is 37.1 Å². The second-order valence-electron chi connectivity index (χ2n) is 6.96. The van der Waals surface area contributed by atoms with Crippen LogP contribution in [0.1, 0.15) is 36.0 Å². The van der Waals surface area contributed by atoms with Crippen molar-refractivity contribution in [3.05, 3.63) is 60.2 Å². The average molecular weight is 416 g/mol. The van der Waals surface area contributed by atoms with E-state index in [0.717, 1.165) is 30.0 Å². The molecule has 8 heteroatoms. The highest BCUT2D eigenvalue weighted by atomic mass is 32.2. The second-order valence-corrected chi connectivity index (χ2v) is 8.93. The first-order valence-corrected chi connectivity index (χ1v) is 10.9. The van der Waals surface area contributed by atoms with Crippen molar-refractivity contribution in [3.63, 3.8) is 0 Å². The molecule has 0 radical (unpaired) electrons. The predicted molar refractivity (Wildman–Crippen MR) is 109 cm³/mol. The first-order chi connectivity index (χ1) is 13.9. The molecule has 1 saturated carbocycles. The summed E-state index contributed by atoms with van der Waals surface area (Å²) >= 11 is 0. The number of benzene rings is 2. The molecule has 7 nitrogen and oxygen atoms in total. The van der Waals surface area contributed by atoms with Gasteiger partial charge in [-0.25, -0.2) is 13.2 Å². The molecule has 3 rings (SSSR count). The summed E-state index contributed by atoms with van der Waals surface area (Å²) in [6.45, 7) is -0.393. The monoisotopic (exact) mass is 416 g/mol. The van der Waals surface area contributed by atoms with Crippen LogP contribution in [0.15, 0.2) is 59.5 Å². The van der Waals surface area contributed by atoms with E-state index in [1.165, 1.54) is 31.3 Å². The minimum atomic E-state index is -3.85. The molecule has 0 aliphatic heterocycles. The van der Waals surface area contributed by atoms with Crippen LogP contribution in [0.3, 0.4) is 0 Å². The van der Waals surface area contributed by atoms with Gasteiger partial charge in [0, 0.05) is 13.1 Å². The molecule has 0 bridgehead atoms. The Bertz CT molecular complexity index is 970. The number of hydrogen-bond donors (Lipinski definition) is 1. The molecule has 1 N–H and O–H groups in total. The quantitative estimate of drug-likeness (QED) is 0.701. The number of esters is 1. The fourth-order valence-corrected chi connectivity index (χ4v) is 4.51. The smallest absolute Gasteiger partial charge is 0.338 e. The maximum atomic E-state index is 12.9. The molecule has 0 unspecified atom stereocenters. The molecule has 0 spiro atoms. The highest BCUT2D eigenvalue weighted by molar-refractivity contribution is 7.92. The van der Waals surface area contributed by atoms with E-state index in [2.05, 4.69) is 5.32 Å². The van der Waals surface area contributed by atoms with Crippen LogP contribution < -0.4 is 9.62 Å². The number of hydrogen-bond acceptors (Lipinski definition) is 5. The number of carbonyl (C=O) groups excluding carboxylic acids is 2. The number of nitrogens with one attached hydrogen (secondary N) is 1. The largest absolute Gasteiger partial charge is 0.452 e. The van der Waals surface area contributed by atoms with Gasteiger partial charge in [0.05, 0.1) is 16.1 Å². The van der Waals surface area contributed by atoms with Crippen molar-refractivity contribution in [1.82, 2.24) is 5.32 Å². The third-order valence-corrected chi connectivity index (χ3v) is 6.68. The summed E-state index contributed by atoms with van der Waals surface area (Å²) < 4.78 is 32.0. The van der Waals surface area contributed by atoms with Crippen LogP contribution in [0.25, 0.3) is 0 Å². The third-order valence-electron chi connectivity index (χ3n) is 4.90. The number of para-hydroxylation sites is 1. The van der Waals surface area contributed by atoms with Crippen molar-refractivity contribution in [1.29, 1.82) is 0 Å². The molecule has 29 heavy (non-hydrogen) atoms. The van der Waals surface area contributed by atoms with E-state index in [1.807, 2.05) is 0 Å². The lowest BCUT2D eigenvalue weighted by Crippen LogP contribution is -2.35. The van der Waals surface area contributed by atoms with E-state index < -0.39 is 22.6 Å². The van der Waals surface area contributed by atoms with Gasteiger partial charge in [-0.15, -0.1) is 0 Å². The minimum absolute atomic E-state index is 0.0336. The van der Waals surface area contributed by atoms with E-state index in [9.17, 15) is 18.0 Å². The van der Waals surface area contributed by atoms with Crippen LogP contribution in [0.2, 0.25) is 0 Å². The average Bonchev–Trinajstić information content (AvgIpc) is 3.25. The number of nitrogens with zero attached hydrogens (tertiary/aromatic N) is 1. The van der Waals surface area contributed by atoms with Gasteiger partial charge in [0.15, 0.2) is 6.61 Å². The van der Waals surface area contributed by atoms with Gasteiger partial charge in [0.25, 0.3) is 15.9 Å². The van der Waals surface area contributed by atoms with Gasteiger partial charge in [-0.3, -0.25) is 9.10 Å². The van der Waals surface area contributed by atoms with Gasteiger partial charge < -0.3 is 10.1 Å². The Balaban J connectivity index is 1.66. The Kier molecular flexibility index (Phi) is 6.53. The summed E-state index contributed by atoms with van der Waals surface area (Å²) in [5, 5.41) is 2.84. The maximum Gasteiger partial charge on any atom is 0.338 e. The molecule has 0 heterocycles. The second kappa shape index (κ2) is 9.09. The first kappa shape index (κ1) is 20.9. The Hall–Kier alpha value is -2.87. The standard InChI is InChI=1S/C21H24N2O5S/c1-23(18-11-3-2-4-12-18)29(26,27)19-13-7-8-16(14-19)21(25)28-15-20(24)22-17-9-5-6-10-17/h2-4,7-8,11-14,17H,5-6,9-10,15H2,1H3,(H,22,24). The van der Waals surface area contributed by atoms with Crippen molar-refractivity contribution in [2.45, 2.75) is 36.6 Å².